The van der Waals surface area contributed by atoms with Crippen molar-refractivity contribution in [3.63, 3.8) is 0 Å². The van der Waals surface area contributed by atoms with Gasteiger partial charge < -0.3 is 5.73 Å². The number of hydrogen-bond acceptors (Lipinski definition) is 2. The molecule has 0 saturated carbocycles. The maximum Gasteiger partial charge on any atom is 0.0340 e. The summed E-state index contributed by atoms with van der Waals surface area (Å²) in [5, 5.41) is 0. The van der Waals surface area contributed by atoms with Crippen molar-refractivity contribution in [2.45, 2.75) is 38.6 Å². The highest BCUT2D eigenvalue weighted by Crippen LogP contribution is 2.05. The van der Waals surface area contributed by atoms with Crippen LogP contribution in [0.3, 0.4) is 0 Å². The molecular weight excluding hydrogens is 184 g/mol. The lowest BCUT2D eigenvalue weighted by atomic mass is 10.1. The second kappa shape index (κ2) is 7.18. The highest BCUT2D eigenvalue weighted by Gasteiger charge is 1.97. The molecule has 15 heavy (non-hydrogen) atoms. The Bertz CT molecular complexity index is 280. The molecule has 1 heterocycles. The van der Waals surface area contributed by atoms with Crippen molar-refractivity contribution in [3.8, 4) is 0 Å². The first kappa shape index (κ1) is 11.9. The van der Waals surface area contributed by atoms with Crippen molar-refractivity contribution in [2.75, 3.05) is 0 Å². The minimum atomic E-state index is 0.304. The van der Waals surface area contributed by atoms with Crippen molar-refractivity contribution in [1.82, 2.24) is 4.98 Å². The molecule has 2 N–H and O–H groups in total. The Kier molecular flexibility index (Phi) is 5.71. The highest BCUT2D eigenvalue weighted by molar-refractivity contribution is 5.47. The summed E-state index contributed by atoms with van der Waals surface area (Å²) in [6.07, 6.45) is 12.4. The van der Waals surface area contributed by atoms with E-state index in [2.05, 4.69) is 24.1 Å². The molecule has 2 nitrogen and oxygen atoms in total. The zero-order chi connectivity index (χ0) is 10.9. The number of pyridine rings is 1. The lowest BCUT2D eigenvalue weighted by molar-refractivity contribution is 0.582. The normalized spacial score (nSPS) is 13.2. The largest absolute Gasteiger partial charge is 0.327 e. The van der Waals surface area contributed by atoms with E-state index in [0.29, 0.717) is 6.04 Å². The summed E-state index contributed by atoms with van der Waals surface area (Å²) in [6.45, 7) is 2.19. The second-order valence-electron chi connectivity index (χ2n) is 3.83. The average molecular weight is 204 g/mol. The number of rotatable bonds is 6. The Morgan fingerprint density at radius 2 is 2.40 bits per heavy atom. The highest BCUT2D eigenvalue weighted by atomic mass is 14.6. The molecule has 0 radical (unpaired) electrons. The SMILES string of the molecule is CCCCC(N)C/C=C\c1cccnc1. The molecule has 0 saturated heterocycles. The molecule has 0 aromatic carbocycles. The van der Waals surface area contributed by atoms with Gasteiger partial charge in [0, 0.05) is 18.4 Å². The molecule has 0 aliphatic heterocycles. The Balaban J connectivity index is 2.27. The zero-order valence-corrected chi connectivity index (χ0v) is 9.39. The van der Waals surface area contributed by atoms with Crippen LogP contribution in [-0.4, -0.2) is 11.0 Å². The van der Waals surface area contributed by atoms with Crippen LogP contribution in [0.2, 0.25) is 0 Å². The van der Waals surface area contributed by atoms with E-state index in [-0.39, 0.29) is 0 Å². The lowest BCUT2D eigenvalue weighted by Gasteiger charge is -2.06. The first-order chi connectivity index (χ1) is 7.33. The van der Waals surface area contributed by atoms with E-state index in [1.54, 1.807) is 6.20 Å². The molecule has 2 heteroatoms. The predicted molar refractivity (Wildman–Crippen MR) is 65.4 cm³/mol. The van der Waals surface area contributed by atoms with Gasteiger partial charge in [-0.05, 0) is 24.5 Å². The molecule has 0 aliphatic carbocycles. The van der Waals surface area contributed by atoms with Gasteiger partial charge in [-0.1, -0.05) is 38.0 Å². The van der Waals surface area contributed by atoms with Crippen LogP contribution in [0.1, 0.15) is 38.2 Å². The van der Waals surface area contributed by atoms with E-state index >= 15 is 0 Å². The summed E-state index contributed by atoms with van der Waals surface area (Å²) in [4.78, 5) is 4.05. The Labute approximate surface area is 92.2 Å². The van der Waals surface area contributed by atoms with E-state index < -0.39 is 0 Å². The number of unbranched alkanes of at least 4 members (excludes halogenated alkanes) is 1. The molecule has 0 amide bonds. The maximum atomic E-state index is 5.96. The van der Waals surface area contributed by atoms with E-state index in [0.717, 1.165) is 18.4 Å². The van der Waals surface area contributed by atoms with Crippen molar-refractivity contribution in [1.29, 1.82) is 0 Å². The summed E-state index contributed by atoms with van der Waals surface area (Å²) >= 11 is 0. The van der Waals surface area contributed by atoms with Crippen LogP contribution in [0.5, 0.6) is 0 Å². The summed E-state index contributed by atoms with van der Waals surface area (Å²) in [5.41, 5.74) is 7.10. The van der Waals surface area contributed by atoms with Crippen LogP contribution < -0.4 is 5.73 Å². The van der Waals surface area contributed by atoms with Gasteiger partial charge in [0.25, 0.3) is 0 Å². The molecule has 1 aromatic rings. The molecule has 1 unspecified atom stereocenters. The monoisotopic (exact) mass is 204 g/mol. The minimum absolute atomic E-state index is 0.304. The van der Waals surface area contributed by atoms with Crippen molar-refractivity contribution in [2.24, 2.45) is 5.73 Å². The fraction of sp³-hybridized carbons (Fsp3) is 0.462. The van der Waals surface area contributed by atoms with Crippen molar-refractivity contribution >= 4 is 6.08 Å². The van der Waals surface area contributed by atoms with Crippen LogP contribution in [0.25, 0.3) is 6.08 Å². The first-order valence-corrected chi connectivity index (χ1v) is 5.65. The fourth-order valence-electron chi connectivity index (χ4n) is 1.44. The number of hydrogen-bond donors (Lipinski definition) is 1. The topological polar surface area (TPSA) is 38.9 Å². The molecule has 0 bridgehead atoms. The van der Waals surface area contributed by atoms with Crippen LogP contribution >= 0.6 is 0 Å². The molecule has 0 fully saturated rings. The third kappa shape index (κ3) is 5.33. The van der Waals surface area contributed by atoms with E-state index in [1.807, 2.05) is 18.3 Å². The summed E-state index contributed by atoms with van der Waals surface area (Å²) in [7, 11) is 0. The first-order valence-electron chi connectivity index (χ1n) is 5.65. The van der Waals surface area contributed by atoms with Gasteiger partial charge in [0.1, 0.15) is 0 Å². The number of aromatic nitrogens is 1. The van der Waals surface area contributed by atoms with Crippen LogP contribution in [0, 0.1) is 0 Å². The fourth-order valence-corrected chi connectivity index (χ4v) is 1.44. The quantitative estimate of drug-likeness (QED) is 0.773. The van der Waals surface area contributed by atoms with Gasteiger partial charge in [0.15, 0.2) is 0 Å². The summed E-state index contributed by atoms with van der Waals surface area (Å²) in [5.74, 6) is 0. The number of nitrogens with zero attached hydrogens (tertiary/aromatic N) is 1. The molecule has 0 spiro atoms. The van der Waals surface area contributed by atoms with Gasteiger partial charge in [-0.2, -0.15) is 0 Å². The van der Waals surface area contributed by atoms with Crippen LogP contribution in [0.15, 0.2) is 30.6 Å². The molecule has 0 aliphatic rings. The lowest BCUT2D eigenvalue weighted by Crippen LogP contribution is -2.18. The standard InChI is InChI=1S/C13H20N2/c1-2-3-8-13(14)9-4-6-12-7-5-10-15-11-12/h4-7,10-11,13H,2-3,8-9,14H2,1H3/b6-4-. The second-order valence-corrected chi connectivity index (χ2v) is 3.83. The smallest absolute Gasteiger partial charge is 0.0340 e. The van der Waals surface area contributed by atoms with Crippen LogP contribution in [-0.2, 0) is 0 Å². The van der Waals surface area contributed by atoms with E-state index in [9.17, 15) is 0 Å². The van der Waals surface area contributed by atoms with Gasteiger partial charge in [0.05, 0.1) is 0 Å². The van der Waals surface area contributed by atoms with Gasteiger partial charge in [-0.25, -0.2) is 0 Å². The Hall–Kier alpha value is -1.15. The molecule has 1 atom stereocenters. The van der Waals surface area contributed by atoms with E-state index in [4.69, 9.17) is 5.73 Å². The van der Waals surface area contributed by atoms with Crippen molar-refractivity contribution in [3.05, 3.63) is 36.2 Å². The van der Waals surface area contributed by atoms with Crippen LogP contribution in [0.4, 0.5) is 0 Å². The maximum absolute atomic E-state index is 5.96. The van der Waals surface area contributed by atoms with Gasteiger partial charge >= 0.3 is 0 Å². The minimum Gasteiger partial charge on any atom is -0.327 e. The molecule has 1 rings (SSSR count). The third-order valence-electron chi connectivity index (χ3n) is 2.36. The Morgan fingerprint density at radius 3 is 3.07 bits per heavy atom. The summed E-state index contributed by atoms with van der Waals surface area (Å²) < 4.78 is 0. The molecular formula is C13H20N2. The van der Waals surface area contributed by atoms with Gasteiger partial charge in [-0.3, -0.25) is 4.98 Å². The predicted octanol–water partition coefficient (Wildman–Crippen LogP) is 3.00. The summed E-state index contributed by atoms with van der Waals surface area (Å²) in [6, 6.07) is 4.29. The van der Waals surface area contributed by atoms with Gasteiger partial charge in [-0.15, -0.1) is 0 Å². The number of nitrogens with two attached hydrogens (primary N) is 1. The zero-order valence-electron chi connectivity index (χ0n) is 9.39. The average Bonchev–Trinajstić information content (AvgIpc) is 2.28. The van der Waals surface area contributed by atoms with Crippen molar-refractivity contribution < 1.29 is 0 Å². The molecule has 1 aromatic heterocycles. The van der Waals surface area contributed by atoms with E-state index in [1.165, 1.54) is 12.8 Å². The molecule has 82 valence electrons. The third-order valence-corrected chi connectivity index (χ3v) is 2.36. The Morgan fingerprint density at radius 1 is 1.53 bits per heavy atom. The van der Waals surface area contributed by atoms with Gasteiger partial charge in [0.2, 0.25) is 0 Å².